The number of fused-ring (bicyclic) bond motifs is 1. The Balaban J connectivity index is -0.000000320. The molecule has 0 spiro atoms. The van der Waals surface area contributed by atoms with Crippen molar-refractivity contribution in [1.82, 2.24) is 0 Å². The third-order valence-corrected chi connectivity index (χ3v) is 2.50. The number of benzene rings is 1. The van der Waals surface area contributed by atoms with Crippen LogP contribution in [0.15, 0.2) is 39.7 Å². The van der Waals surface area contributed by atoms with Crippen LogP contribution in [0.4, 0.5) is 0 Å². The van der Waals surface area contributed by atoms with Gasteiger partial charge in [0.25, 0.3) is 0 Å². The van der Waals surface area contributed by atoms with Crippen molar-refractivity contribution >= 4 is 28.7 Å². The molecule has 0 aliphatic carbocycles. The minimum Gasteiger partial charge on any atom is -0.547 e. The summed E-state index contributed by atoms with van der Waals surface area (Å²) in [5.74, 6) is -4.31. The van der Waals surface area contributed by atoms with Crippen LogP contribution in [0.2, 0.25) is 0 Å². The van der Waals surface area contributed by atoms with Crippen molar-refractivity contribution in [2.45, 2.75) is 39.1 Å². The van der Waals surface area contributed by atoms with Crippen LogP contribution < -0.4 is 20.9 Å². The SMILES string of the molecule is CC(O)C(=O)[O-].CC(O)C(=O)[O-].CC(O)C(=O)[O-].O=c1o[cH-]c2ccccc12.[Zr+4]. The van der Waals surface area contributed by atoms with Gasteiger partial charge >= 0.3 is 26.2 Å². The molecule has 3 N–H and O–H groups in total. The minimum atomic E-state index is -1.44. The van der Waals surface area contributed by atoms with Crippen LogP contribution in [0.3, 0.4) is 0 Å². The first-order chi connectivity index (χ1) is 12.8. The summed E-state index contributed by atoms with van der Waals surface area (Å²) in [5.41, 5.74) is -0.254. The van der Waals surface area contributed by atoms with Gasteiger partial charge in [0.1, 0.15) is 0 Å². The second-order valence-electron chi connectivity index (χ2n) is 5.10. The molecule has 0 saturated carbocycles. The van der Waals surface area contributed by atoms with Gasteiger partial charge in [-0.15, -0.1) is 17.5 Å². The van der Waals surface area contributed by atoms with Crippen molar-refractivity contribution in [3.05, 3.63) is 40.9 Å². The number of carboxylic acids is 3. The molecular weight excluding hydrogens is 471 g/mol. The molecule has 1 aromatic heterocycles. The Morgan fingerprint density at radius 1 is 0.862 bits per heavy atom. The van der Waals surface area contributed by atoms with Crippen LogP contribution in [0, 0.1) is 0 Å². The number of furan rings is 1. The Kier molecular flexibility index (Phi) is 18.1. The van der Waals surface area contributed by atoms with E-state index in [-0.39, 0.29) is 31.8 Å². The van der Waals surface area contributed by atoms with Gasteiger partial charge in [-0.05, 0) is 20.8 Å². The van der Waals surface area contributed by atoms with Crippen LogP contribution in [0.1, 0.15) is 20.8 Å². The van der Waals surface area contributed by atoms with Crippen molar-refractivity contribution in [1.29, 1.82) is 0 Å². The fourth-order valence-electron chi connectivity index (χ4n) is 0.966. The average Bonchev–Trinajstić information content (AvgIpc) is 2.98. The molecule has 11 nitrogen and oxygen atoms in total. The fraction of sp³-hybridized carbons (Fsp3) is 0.353. The van der Waals surface area contributed by atoms with E-state index in [2.05, 4.69) is 4.42 Å². The first kappa shape index (κ1) is 31.4. The molecule has 0 bridgehead atoms. The van der Waals surface area contributed by atoms with Crippen molar-refractivity contribution in [3.63, 3.8) is 0 Å². The van der Waals surface area contributed by atoms with Crippen LogP contribution in [-0.4, -0.2) is 51.5 Å². The second-order valence-corrected chi connectivity index (χ2v) is 5.10. The number of carboxylic acid groups (broad SMARTS) is 3. The molecule has 0 fully saturated rings. The third-order valence-electron chi connectivity index (χ3n) is 2.50. The Bertz CT molecular complexity index is 747. The molecule has 29 heavy (non-hydrogen) atoms. The molecule has 158 valence electrons. The van der Waals surface area contributed by atoms with E-state index in [9.17, 15) is 34.5 Å². The molecule has 12 heteroatoms. The topological polar surface area (TPSA) is 211 Å². The van der Waals surface area contributed by atoms with E-state index in [1.807, 2.05) is 18.2 Å². The fourth-order valence-corrected chi connectivity index (χ4v) is 0.966. The molecular formula is C17H20O11Zr. The largest absolute Gasteiger partial charge is 4.00 e. The van der Waals surface area contributed by atoms with E-state index in [4.69, 9.17) is 15.3 Å². The first-order valence-electron chi connectivity index (χ1n) is 7.61. The van der Waals surface area contributed by atoms with Crippen molar-refractivity contribution in [2.75, 3.05) is 0 Å². The zero-order chi connectivity index (χ0) is 22.4. The molecule has 0 amide bonds. The molecule has 0 aliphatic heterocycles. The maximum Gasteiger partial charge on any atom is 4.00 e. The Morgan fingerprint density at radius 3 is 1.45 bits per heavy atom. The number of aliphatic hydroxyl groups excluding tert-OH is 3. The van der Waals surface area contributed by atoms with E-state index in [1.54, 1.807) is 6.07 Å². The third kappa shape index (κ3) is 16.4. The van der Waals surface area contributed by atoms with Gasteiger partial charge in [-0.1, -0.05) is 17.5 Å². The van der Waals surface area contributed by atoms with Gasteiger partial charge in [-0.25, -0.2) is 0 Å². The molecule has 1 heterocycles. The van der Waals surface area contributed by atoms with Crippen LogP contribution >= 0.6 is 0 Å². The van der Waals surface area contributed by atoms with E-state index in [0.29, 0.717) is 5.39 Å². The van der Waals surface area contributed by atoms with Crippen molar-refractivity contribution < 1.29 is 75.6 Å². The summed E-state index contributed by atoms with van der Waals surface area (Å²) in [6.07, 6.45) is -2.56. The van der Waals surface area contributed by atoms with E-state index in [1.165, 1.54) is 6.26 Å². The van der Waals surface area contributed by atoms with Gasteiger partial charge in [-0.2, -0.15) is 0 Å². The number of aliphatic carboxylic acids is 3. The summed E-state index contributed by atoms with van der Waals surface area (Å²) in [6.45, 7) is 3.40. The number of aliphatic hydroxyl groups is 3. The number of hydrogen-bond donors (Lipinski definition) is 3. The molecule has 1 aromatic carbocycles. The molecule has 0 saturated heterocycles. The van der Waals surface area contributed by atoms with Crippen LogP contribution in [0.5, 0.6) is 0 Å². The Morgan fingerprint density at radius 2 is 1.17 bits per heavy atom. The molecule has 3 unspecified atom stereocenters. The maximum absolute atomic E-state index is 10.8. The van der Waals surface area contributed by atoms with Gasteiger partial charge in [0.2, 0.25) is 5.63 Å². The number of rotatable bonds is 3. The predicted molar refractivity (Wildman–Crippen MR) is 88.1 cm³/mol. The Hall–Kier alpha value is -2.27. The molecule has 0 aliphatic rings. The van der Waals surface area contributed by atoms with Crippen molar-refractivity contribution in [3.8, 4) is 0 Å². The zero-order valence-electron chi connectivity index (χ0n) is 15.7. The molecule has 2 aromatic rings. The van der Waals surface area contributed by atoms with Gasteiger partial charge in [0, 0.05) is 6.26 Å². The molecule has 2 rings (SSSR count). The summed E-state index contributed by atoms with van der Waals surface area (Å²) in [6, 6.07) is 7.29. The number of carbonyl (C=O) groups excluding carboxylic acids is 3. The summed E-state index contributed by atoms with van der Waals surface area (Å²) in [5, 5.41) is 53.4. The van der Waals surface area contributed by atoms with Gasteiger partial charge in [0.15, 0.2) is 0 Å². The summed E-state index contributed by atoms with van der Waals surface area (Å²) < 4.78 is 4.66. The summed E-state index contributed by atoms with van der Waals surface area (Å²) in [4.78, 5) is 38.8. The number of carbonyl (C=O) groups is 3. The van der Waals surface area contributed by atoms with Gasteiger partial charge in [-0.3, -0.25) is 0 Å². The van der Waals surface area contributed by atoms with Gasteiger partial charge in [0.05, 0.1) is 36.2 Å². The van der Waals surface area contributed by atoms with E-state index < -0.39 is 36.2 Å². The van der Waals surface area contributed by atoms with Gasteiger partial charge < -0.3 is 54.2 Å². The number of hydrogen-bond acceptors (Lipinski definition) is 11. The first-order valence-corrected chi connectivity index (χ1v) is 7.61. The van der Waals surface area contributed by atoms with Crippen LogP contribution in [-0.2, 0) is 40.6 Å². The Labute approximate surface area is 184 Å². The molecule has 0 radical (unpaired) electrons. The minimum absolute atomic E-state index is 0. The maximum atomic E-state index is 10.8. The predicted octanol–water partition coefficient (Wildman–Crippen LogP) is -4.14. The summed E-state index contributed by atoms with van der Waals surface area (Å²) in [7, 11) is 0. The average molecular weight is 492 g/mol. The second kappa shape index (κ2) is 16.7. The van der Waals surface area contributed by atoms with Crippen molar-refractivity contribution in [2.24, 2.45) is 0 Å². The van der Waals surface area contributed by atoms with E-state index in [0.717, 1.165) is 26.2 Å². The smallest absolute Gasteiger partial charge is 0.547 e. The monoisotopic (exact) mass is 490 g/mol. The quantitative estimate of drug-likeness (QED) is 0.351. The van der Waals surface area contributed by atoms with E-state index >= 15 is 0 Å². The standard InChI is InChI=1S/C8H5O2.3C3H6O3.Zr/c9-8-7-4-2-1-3-6(7)5-10-8;3*1-2(4)3(5)6;/h1-5H;3*2,4H,1H3,(H,5,6);/q-1;;;;+4/p-3. The van der Waals surface area contributed by atoms with Crippen LogP contribution in [0.25, 0.3) is 10.8 Å². The molecule has 3 atom stereocenters. The zero-order valence-corrected chi connectivity index (χ0v) is 18.2. The normalized spacial score (nSPS) is 12.1. The summed E-state index contributed by atoms with van der Waals surface area (Å²) >= 11 is 0.